The molecular formula is C14H30N2O2. The minimum absolute atomic E-state index is 0.00820. The summed E-state index contributed by atoms with van der Waals surface area (Å²) in [5.41, 5.74) is 6.31. The van der Waals surface area contributed by atoms with Gasteiger partial charge in [0, 0.05) is 31.8 Å². The molecule has 0 radical (unpaired) electrons. The van der Waals surface area contributed by atoms with E-state index in [-0.39, 0.29) is 24.1 Å². The standard InChI is InChI=1S/C14H30N2O2/c1-5-18-11-6-8-16(9-7-11)12(10-17)13(15)14(2,3)4/h11-13,17H,5-10,15H2,1-4H3. The molecule has 3 N–H and O–H groups in total. The summed E-state index contributed by atoms with van der Waals surface area (Å²) < 4.78 is 5.65. The van der Waals surface area contributed by atoms with E-state index < -0.39 is 0 Å². The summed E-state index contributed by atoms with van der Waals surface area (Å²) in [5.74, 6) is 0. The fourth-order valence-corrected chi connectivity index (χ4v) is 2.64. The van der Waals surface area contributed by atoms with Gasteiger partial charge in [0.25, 0.3) is 0 Å². The number of nitrogens with zero attached hydrogens (tertiary/aromatic N) is 1. The lowest BCUT2D eigenvalue weighted by Crippen LogP contribution is -2.57. The van der Waals surface area contributed by atoms with Crippen molar-refractivity contribution in [2.45, 2.75) is 58.7 Å². The molecule has 108 valence electrons. The summed E-state index contributed by atoms with van der Waals surface area (Å²) in [6.45, 7) is 11.3. The number of likely N-dealkylation sites (tertiary alicyclic amines) is 1. The van der Waals surface area contributed by atoms with Crippen LogP contribution in [0.4, 0.5) is 0 Å². The molecule has 1 saturated heterocycles. The lowest BCUT2D eigenvalue weighted by Gasteiger charge is -2.43. The molecule has 0 amide bonds. The van der Waals surface area contributed by atoms with Crippen LogP contribution >= 0.6 is 0 Å². The lowest BCUT2D eigenvalue weighted by molar-refractivity contribution is -0.0146. The number of piperidine rings is 1. The van der Waals surface area contributed by atoms with Crippen molar-refractivity contribution in [3.8, 4) is 0 Å². The third-order valence-corrected chi connectivity index (χ3v) is 3.95. The Hall–Kier alpha value is -0.160. The third kappa shape index (κ3) is 4.19. The molecule has 0 aromatic rings. The van der Waals surface area contributed by atoms with Gasteiger partial charge in [-0.3, -0.25) is 4.90 Å². The molecular weight excluding hydrogens is 228 g/mol. The topological polar surface area (TPSA) is 58.7 Å². The first-order chi connectivity index (χ1) is 8.40. The Morgan fingerprint density at radius 2 is 1.89 bits per heavy atom. The van der Waals surface area contributed by atoms with E-state index in [2.05, 4.69) is 25.7 Å². The minimum Gasteiger partial charge on any atom is -0.395 e. The number of ether oxygens (including phenoxy) is 1. The Labute approximate surface area is 111 Å². The Morgan fingerprint density at radius 1 is 1.33 bits per heavy atom. The van der Waals surface area contributed by atoms with Gasteiger partial charge in [-0.2, -0.15) is 0 Å². The average molecular weight is 258 g/mol. The van der Waals surface area contributed by atoms with E-state index in [0.29, 0.717) is 6.10 Å². The first-order valence-corrected chi connectivity index (χ1v) is 7.12. The summed E-state index contributed by atoms with van der Waals surface area (Å²) in [4.78, 5) is 2.32. The van der Waals surface area contributed by atoms with Crippen LogP contribution in [0.2, 0.25) is 0 Å². The molecule has 2 atom stereocenters. The number of rotatable bonds is 5. The molecule has 0 spiro atoms. The molecule has 0 saturated carbocycles. The van der Waals surface area contributed by atoms with E-state index in [4.69, 9.17) is 10.5 Å². The molecule has 1 aliphatic heterocycles. The second kappa shape index (κ2) is 6.85. The van der Waals surface area contributed by atoms with Gasteiger partial charge >= 0.3 is 0 Å². The third-order valence-electron chi connectivity index (χ3n) is 3.95. The second-order valence-electron chi connectivity index (χ2n) is 6.33. The van der Waals surface area contributed by atoms with Crippen LogP contribution < -0.4 is 5.73 Å². The predicted octanol–water partition coefficient (Wildman–Crippen LogP) is 1.22. The summed E-state index contributed by atoms with van der Waals surface area (Å²) in [6.07, 6.45) is 2.47. The van der Waals surface area contributed by atoms with Gasteiger partial charge in [0.2, 0.25) is 0 Å². The van der Waals surface area contributed by atoms with Crippen molar-refractivity contribution in [2.75, 3.05) is 26.3 Å². The van der Waals surface area contributed by atoms with Crippen LogP contribution in [0, 0.1) is 5.41 Å². The zero-order valence-electron chi connectivity index (χ0n) is 12.4. The van der Waals surface area contributed by atoms with Crippen molar-refractivity contribution in [1.82, 2.24) is 4.90 Å². The van der Waals surface area contributed by atoms with Gasteiger partial charge < -0.3 is 15.6 Å². The molecule has 1 aliphatic rings. The van der Waals surface area contributed by atoms with Crippen LogP contribution in [0.25, 0.3) is 0 Å². The summed E-state index contributed by atoms with van der Waals surface area (Å²) in [7, 11) is 0. The Balaban J connectivity index is 2.53. The largest absolute Gasteiger partial charge is 0.395 e. The van der Waals surface area contributed by atoms with Crippen LogP contribution in [0.15, 0.2) is 0 Å². The molecule has 1 fully saturated rings. The van der Waals surface area contributed by atoms with E-state index in [1.54, 1.807) is 0 Å². The molecule has 0 aliphatic carbocycles. The van der Waals surface area contributed by atoms with E-state index in [0.717, 1.165) is 32.5 Å². The van der Waals surface area contributed by atoms with Crippen LogP contribution in [-0.4, -0.2) is 54.5 Å². The van der Waals surface area contributed by atoms with E-state index >= 15 is 0 Å². The van der Waals surface area contributed by atoms with Gasteiger partial charge in [-0.15, -0.1) is 0 Å². The SMILES string of the molecule is CCOC1CCN(C(CO)C(N)C(C)(C)C)CC1. The summed E-state index contributed by atoms with van der Waals surface area (Å²) in [6, 6.07) is 0.0544. The van der Waals surface area contributed by atoms with Gasteiger partial charge in [-0.25, -0.2) is 0 Å². The molecule has 2 unspecified atom stereocenters. The molecule has 0 aromatic carbocycles. The first kappa shape index (κ1) is 15.9. The van der Waals surface area contributed by atoms with Gasteiger partial charge in [-0.1, -0.05) is 20.8 Å². The number of aliphatic hydroxyl groups excluding tert-OH is 1. The van der Waals surface area contributed by atoms with Crippen molar-refractivity contribution >= 4 is 0 Å². The monoisotopic (exact) mass is 258 g/mol. The fraction of sp³-hybridized carbons (Fsp3) is 1.00. The van der Waals surface area contributed by atoms with Crippen molar-refractivity contribution < 1.29 is 9.84 Å². The van der Waals surface area contributed by atoms with E-state index in [1.807, 2.05) is 6.92 Å². The first-order valence-electron chi connectivity index (χ1n) is 7.12. The van der Waals surface area contributed by atoms with Gasteiger partial charge in [0.1, 0.15) is 0 Å². The zero-order valence-corrected chi connectivity index (χ0v) is 12.4. The lowest BCUT2D eigenvalue weighted by atomic mass is 9.82. The maximum absolute atomic E-state index is 9.63. The molecule has 1 rings (SSSR count). The normalized spacial score (nSPS) is 23.0. The minimum atomic E-state index is -0.00820. The van der Waals surface area contributed by atoms with Crippen molar-refractivity contribution in [3.05, 3.63) is 0 Å². The Kier molecular flexibility index (Phi) is 6.05. The molecule has 1 heterocycles. The van der Waals surface area contributed by atoms with Crippen LogP contribution in [-0.2, 0) is 4.74 Å². The van der Waals surface area contributed by atoms with E-state index in [9.17, 15) is 5.11 Å². The number of nitrogens with two attached hydrogens (primary N) is 1. The molecule has 18 heavy (non-hydrogen) atoms. The highest BCUT2D eigenvalue weighted by atomic mass is 16.5. The Morgan fingerprint density at radius 3 is 2.28 bits per heavy atom. The highest BCUT2D eigenvalue weighted by Gasteiger charge is 2.34. The summed E-state index contributed by atoms with van der Waals surface area (Å²) >= 11 is 0. The predicted molar refractivity (Wildman–Crippen MR) is 74.5 cm³/mol. The zero-order chi connectivity index (χ0) is 13.8. The maximum Gasteiger partial charge on any atom is 0.0602 e. The molecule has 4 nitrogen and oxygen atoms in total. The molecule has 0 bridgehead atoms. The molecule has 4 heteroatoms. The molecule has 0 aromatic heterocycles. The van der Waals surface area contributed by atoms with Crippen LogP contribution in [0.3, 0.4) is 0 Å². The smallest absolute Gasteiger partial charge is 0.0602 e. The quantitative estimate of drug-likeness (QED) is 0.778. The maximum atomic E-state index is 9.63. The highest BCUT2D eigenvalue weighted by molar-refractivity contribution is 4.91. The van der Waals surface area contributed by atoms with Crippen LogP contribution in [0.5, 0.6) is 0 Å². The van der Waals surface area contributed by atoms with Gasteiger partial charge in [0.15, 0.2) is 0 Å². The average Bonchev–Trinajstić information content (AvgIpc) is 2.31. The number of hydrogen-bond acceptors (Lipinski definition) is 4. The van der Waals surface area contributed by atoms with Crippen molar-refractivity contribution in [1.29, 1.82) is 0 Å². The van der Waals surface area contributed by atoms with Crippen molar-refractivity contribution in [2.24, 2.45) is 11.1 Å². The van der Waals surface area contributed by atoms with Crippen LogP contribution in [0.1, 0.15) is 40.5 Å². The van der Waals surface area contributed by atoms with Crippen molar-refractivity contribution in [3.63, 3.8) is 0 Å². The highest BCUT2D eigenvalue weighted by Crippen LogP contribution is 2.25. The van der Waals surface area contributed by atoms with Gasteiger partial charge in [0.05, 0.1) is 12.7 Å². The number of aliphatic hydroxyl groups is 1. The Bertz CT molecular complexity index is 232. The number of hydrogen-bond donors (Lipinski definition) is 2. The second-order valence-corrected chi connectivity index (χ2v) is 6.33. The fourth-order valence-electron chi connectivity index (χ4n) is 2.64. The van der Waals surface area contributed by atoms with E-state index in [1.165, 1.54) is 0 Å². The summed E-state index contributed by atoms with van der Waals surface area (Å²) in [5, 5.41) is 9.63. The van der Waals surface area contributed by atoms with Gasteiger partial charge in [-0.05, 0) is 25.2 Å².